The van der Waals surface area contributed by atoms with Crippen LogP contribution in [0.5, 0.6) is 5.75 Å². The number of nitrogens with zero attached hydrogens (tertiary/aromatic N) is 1. The molecule has 5 heteroatoms. The van der Waals surface area contributed by atoms with Crippen molar-refractivity contribution in [3.05, 3.63) is 28.8 Å². The van der Waals surface area contributed by atoms with E-state index in [9.17, 15) is 9.90 Å². The monoisotopic (exact) mass is 280 g/mol. The molecule has 0 saturated heterocycles. The first-order valence-electron chi connectivity index (χ1n) is 6.40. The smallest absolute Gasteiger partial charge is 0.275 e. The van der Waals surface area contributed by atoms with Gasteiger partial charge in [0.05, 0.1) is 5.56 Å². The van der Waals surface area contributed by atoms with Gasteiger partial charge in [0.2, 0.25) is 0 Å². The van der Waals surface area contributed by atoms with Crippen molar-refractivity contribution in [2.24, 2.45) is 11.0 Å². The summed E-state index contributed by atoms with van der Waals surface area (Å²) in [4.78, 5) is 11.9. The van der Waals surface area contributed by atoms with Crippen molar-refractivity contribution in [1.82, 2.24) is 5.43 Å². The number of carbonyl (C=O) groups excluding carboxylic acids is 1. The number of nitrogens with one attached hydrogen (secondary N) is 1. The van der Waals surface area contributed by atoms with E-state index in [1.807, 2.05) is 0 Å². The van der Waals surface area contributed by atoms with Crippen LogP contribution in [0.4, 0.5) is 0 Å². The molecule has 0 spiro atoms. The molecule has 0 aromatic heterocycles. The summed E-state index contributed by atoms with van der Waals surface area (Å²) in [6.45, 7) is 2.18. The number of benzene rings is 1. The quantitative estimate of drug-likeness (QED) is 0.816. The summed E-state index contributed by atoms with van der Waals surface area (Å²) in [5, 5.41) is 14.2. The molecule has 2 N–H and O–H groups in total. The first kappa shape index (κ1) is 13.9. The molecule has 1 saturated carbocycles. The van der Waals surface area contributed by atoms with Gasteiger partial charge in [0, 0.05) is 10.7 Å². The summed E-state index contributed by atoms with van der Waals surface area (Å²) >= 11 is 5.72. The third kappa shape index (κ3) is 3.70. The SMILES string of the molecule is CC1CCCC(=NNC(=O)c2ccc(Cl)cc2O)C1. The second kappa shape index (κ2) is 6.06. The Morgan fingerprint density at radius 1 is 1.53 bits per heavy atom. The van der Waals surface area contributed by atoms with E-state index in [1.165, 1.54) is 18.6 Å². The van der Waals surface area contributed by atoms with Crippen LogP contribution in [-0.2, 0) is 0 Å². The van der Waals surface area contributed by atoms with Crippen LogP contribution in [0.2, 0.25) is 5.02 Å². The van der Waals surface area contributed by atoms with Gasteiger partial charge < -0.3 is 5.11 Å². The third-order valence-electron chi connectivity index (χ3n) is 3.27. The number of phenolic OH excluding ortho intramolecular Hbond substituents is 1. The van der Waals surface area contributed by atoms with Crippen molar-refractivity contribution < 1.29 is 9.90 Å². The van der Waals surface area contributed by atoms with Crippen molar-refractivity contribution >= 4 is 23.2 Å². The summed E-state index contributed by atoms with van der Waals surface area (Å²) in [5.74, 6) is 0.0652. The van der Waals surface area contributed by atoms with Crippen LogP contribution in [-0.4, -0.2) is 16.7 Å². The molecule has 19 heavy (non-hydrogen) atoms. The third-order valence-corrected chi connectivity index (χ3v) is 3.50. The molecule has 102 valence electrons. The second-order valence-corrected chi connectivity index (χ2v) is 5.42. The van der Waals surface area contributed by atoms with Crippen LogP contribution in [0.3, 0.4) is 0 Å². The van der Waals surface area contributed by atoms with Gasteiger partial charge >= 0.3 is 0 Å². The van der Waals surface area contributed by atoms with E-state index >= 15 is 0 Å². The van der Waals surface area contributed by atoms with Gasteiger partial charge in [-0.05, 0) is 49.8 Å². The molecule has 1 aliphatic rings. The van der Waals surface area contributed by atoms with Gasteiger partial charge in [-0.2, -0.15) is 5.10 Å². The van der Waals surface area contributed by atoms with Crippen molar-refractivity contribution in [3.8, 4) is 5.75 Å². The number of hydrazone groups is 1. The van der Waals surface area contributed by atoms with E-state index < -0.39 is 5.91 Å². The first-order valence-corrected chi connectivity index (χ1v) is 6.78. The maximum absolute atomic E-state index is 11.9. The van der Waals surface area contributed by atoms with Gasteiger partial charge in [0.15, 0.2) is 0 Å². The molecule has 1 fully saturated rings. The minimum Gasteiger partial charge on any atom is -0.507 e. The van der Waals surface area contributed by atoms with E-state index in [0.717, 1.165) is 25.0 Å². The van der Waals surface area contributed by atoms with Gasteiger partial charge in [0.25, 0.3) is 5.91 Å². The summed E-state index contributed by atoms with van der Waals surface area (Å²) in [6, 6.07) is 4.38. The lowest BCUT2D eigenvalue weighted by Gasteiger charge is -2.18. The van der Waals surface area contributed by atoms with E-state index in [1.54, 1.807) is 6.07 Å². The molecule has 1 aromatic rings. The Morgan fingerprint density at radius 3 is 3.00 bits per heavy atom. The van der Waals surface area contributed by atoms with Gasteiger partial charge in [-0.1, -0.05) is 18.5 Å². The minimum atomic E-state index is -0.417. The molecule has 1 aliphatic carbocycles. The lowest BCUT2D eigenvalue weighted by molar-refractivity contribution is 0.0952. The number of hydrogen-bond acceptors (Lipinski definition) is 3. The molecule has 1 unspecified atom stereocenters. The molecular formula is C14H17ClN2O2. The minimum absolute atomic E-state index is 0.137. The fraction of sp³-hybridized carbons (Fsp3) is 0.429. The van der Waals surface area contributed by atoms with E-state index in [4.69, 9.17) is 11.6 Å². The highest BCUT2D eigenvalue weighted by atomic mass is 35.5. The van der Waals surface area contributed by atoms with Gasteiger partial charge in [-0.15, -0.1) is 0 Å². The predicted molar refractivity (Wildman–Crippen MR) is 75.7 cm³/mol. The summed E-state index contributed by atoms with van der Waals surface area (Å²) in [6.07, 6.45) is 4.18. The number of halogens is 1. The van der Waals surface area contributed by atoms with Gasteiger partial charge in [-0.25, -0.2) is 5.43 Å². The molecule has 0 bridgehead atoms. The Labute approximate surface area is 117 Å². The fourth-order valence-electron chi connectivity index (χ4n) is 2.25. The molecule has 0 heterocycles. The average Bonchev–Trinajstić information content (AvgIpc) is 2.36. The Bertz CT molecular complexity index is 514. The van der Waals surface area contributed by atoms with Gasteiger partial charge in [-0.3, -0.25) is 4.79 Å². The molecule has 1 atom stereocenters. The van der Waals surface area contributed by atoms with E-state index in [0.29, 0.717) is 10.9 Å². The van der Waals surface area contributed by atoms with E-state index in [-0.39, 0.29) is 11.3 Å². The number of aromatic hydroxyl groups is 1. The van der Waals surface area contributed by atoms with Crippen LogP contribution in [0.1, 0.15) is 43.0 Å². The average molecular weight is 281 g/mol. The number of rotatable bonds is 2. The summed E-state index contributed by atoms with van der Waals surface area (Å²) < 4.78 is 0. The Kier molecular flexibility index (Phi) is 4.43. The number of phenols is 1. The molecule has 1 aromatic carbocycles. The Morgan fingerprint density at radius 2 is 2.32 bits per heavy atom. The zero-order valence-electron chi connectivity index (χ0n) is 10.8. The largest absolute Gasteiger partial charge is 0.507 e. The highest BCUT2D eigenvalue weighted by molar-refractivity contribution is 6.30. The van der Waals surface area contributed by atoms with Crippen LogP contribution < -0.4 is 5.43 Å². The van der Waals surface area contributed by atoms with Gasteiger partial charge in [0.1, 0.15) is 5.75 Å². The van der Waals surface area contributed by atoms with Crippen molar-refractivity contribution in [2.45, 2.75) is 32.6 Å². The van der Waals surface area contributed by atoms with Crippen LogP contribution in [0, 0.1) is 5.92 Å². The summed E-state index contributed by atoms with van der Waals surface area (Å²) in [5.41, 5.74) is 3.69. The first-order chi connectivity index (χ1) is 9.06. The lowest BCUT2D eigenvalue weighted by atomic mass is 9.89. The van der Waals surface area contributed by atoms with E-state index in [2.05, 4.69) is 17.5 Å². The standard InChI is InChI=1S/C14H17ClN2O2/c1-9-3-2-4-11(7-9)16-17-14(19)12-6-5-10(15)8-13(12)18/h5-6,8-9,18H,2-4,7H2,1H3,(H,17,19). The van der Waals surface area contributed by atoms with Crippen molar-refractivity contribution in [3.63, 3.8) is 0 Å². The molecule has 0 aliphatic heterocycles. The molecule has 0 radical (unpaired) electrons. The Balaban J connectivity index is 2.03. The Hall–Kier alpha value is -1.55. The zero-order chi connectivity index (χ0) is 13.8. The highest BCUT2D eigenvalue weighted by Crippen LogP contribution is 2.23. The summed E-state index contributed by atoms with van der Waals surface area (Å²) in [7, 11) is 0. The topological polar surface area (TPSA) is 61.7 Å². The maximum atomic E-state index is 11.9. The second-order valence-electron chi connectivity index (χ2n) is 4.98. The molecule has 4 nitrogen and oxygen atoms in total. The van der Waals surface area contributed by atoms with Crippen LogP contribution in [0.25, 0.3) is 0 Å². The number of carbonyl (C=O) groups is 1. The molecular weight excluding hydrogens is 264 g/mol. The van der Waals surface area contributed by atoms with Crippen molar-refractivity contribution in [1.29, 1.82) is 0 Å². The number of hydrogen-bond donors (Lipinski definition) is 2. The van der Waals surface area contributed by atoms with Crippen molar-refractivity contribution in [2.75, 3.05) is 0 Å². The maximum Gasteiger partial charge on any atom is 0.275 e. The number of amides is 1. The lowest BCUT2D eigenvalue weighted by Crippen LogP contribution is -2.22. The fourth-order valence-corrected chi connectivity index (χ4v) is 2.42. The van der Waals surface area contributed by atoms with Crippen LogP contribution >= 0.6 is 11.6 Å². The normalized spacial score (nSPS) is 21.4. The zero-order valence-corrected chi connectivity index (χ0v) is 11.6. The van der Waals surface area contributed by atoms with Crippen LogP contribution in [0.15, 0.2) is 23.3 Å². The predicted octanol–water partition coefficient (Wildman–Crippen LogP) is 3.34. The highest BCUT2D eigenvalue weighted by Gasteiger charge is 2.15. The molecule has 1 amide bonds. The molecule has 2 rings (SSSR count).